The highest BCUT2D eigenvalue weighted by Gasteiger charge is 2.34. The second-order valence-electron chi connectivity index (χ2n) is 5.57. The number of halogens is 1. The molecule has 0 spiro atoms. The van der Waals surface area contributed by atoms with Gasteiger partial charge in [-0.15, -0.1) is 22.3 Å². The maximum atomic E-state index is 12.7. The molecule has 0 radical (unpaired) electrons. The van der Waals surface area contributed by atoms with Gasteiger partial charge < -0.3 is 0 Å². The number of rotatable bonds is 6. The fraction of sp³-hybridized carbons (Fsp3) is 0.0588. The van der Waals surface area contributed by atoms with Crippen molar-refractivity contribution in [2.75, 3.05) is 6.54 Å². The van der Waals surface area contributed by atoms with Gasteiger partial charge in [-0.1, -0.05) is 29.8 Å². The molecule has 8 nitrogen and oxygen atoms in total. The largest absolute Gasteiger partial charge is 0.294 e. The van der Waals surface area contributed by atoms with E-state index in [2.05, 4.69) is 11.0 Å². The predicted octanol–water partition coefficient (Wildman–Crippen LogP) is 4.16. The number of nitro benzene ring substituents is 1. The minimum Gasteiger partial charge on any atom is -0.282 e. The van der Waals surface area contributed by atoms with Crippen LogP contribution in [0.3, 0.4) is 0 Å². The molecule has 0 N–H and O–H groups in total. The molecule has 1 aromatic carbocycles. The molecule has 1 aromatic heterocycles. The number of carbonyl (C=O) groups is 1. The molecular formula is C17H12ClN3O5S3. The number of thioether (sulfide) groups is 1. The highest BCUT2D eigenvalue weighted by atomic mass is 35.5. The Hall–Kier alpha value is -2.47. The van der Waals surface area contributed by atoms with E-state index in [1.165, 1.54) is 47.4 Å². The lowest BCUT2D eigenvalue weighted by Gasteiger charge is -2.12. The Balaban J connectivity index is 1.99. The number of hydrogen-bond acceptors (Lipinski definition) is 7. The van der Waals surface area contributed by atoms with Gasteiger partial charge in [0, 0.05) is 18.7 Å². The minimum absolute atomic E-state index is 0.0314. The quantitative estimate of drug-likeness (QED) is 0.272. The fourth-order valence-electron chi connectivity index (χ4n) is 2.33. The first-order chi connectivity index (χ1) is 13.7. The zero-order chi connectivity index (χ0) is 21.2. The van der Waals surface area contributed by atoms with Crippen molar-refractivity contribution in [3.05, 3.63) is 74.0 Å². The minimum atomic E-state index is -4.06. The summed E-state index contributed by atoms with van der Waals surface area (Å²) in [6.07, 6.45) is 2.89. The third-order valence-corrected chi connectivity index (χ3v) is 7.67. The summed E-state index contributed by atoms with van der Waals surface area (Å²) in [4.78, 5) is 24.5. The van der Waals surface area contributed by atoms with Crippen molar-refractivity contribution >= 4 is 67.6 Å². The van der Waals surface area contributed by atoms with E-state index in [0.29, 0.717) is 9.90 Å². The van der Waals surface area contributed by atoms with E-state index in [-0.39, 0.29) is 26.5 Å². The lowest BCUT2D eigenvalue weighted by Crippen LogP contribution is -2.29. The summed E-state index contributed by atoms with van der Waals surface area (Å²) in [5, 5.41) is 10.9. The number of sulfonamides is 1. The normalized spacial score (nSPS) is 17.3. The molecule has 3 rings (SSSR count). The van der Waals surface area contributed by atoms with Gasteiger partial charge in [-0.3, -0.25) is 19.8 Å². The monoisotopic (exact) mass is 469 g/mol. The van der Waals surface area contributed by atoms with Gasteiger partial charge in [0.1, 0.15) is 4.21 Å². The lowest BCUT2D eigenvalue weighted by atomic mass is 10.2. The van der Waals surface area contributed by atoms with E-state index < -0.39 is 20.9 Å². The highest BCUT2D eigenvalue weighted by Crippen LogP contribution is 2.35. The summed E-state index contributed by atoms with van der Waals surface area (Å²) < 4.78 is 29.1. The van der Waals surface area contributed by atoms with Gasteiger partial charge in [0.15, 0.2) is 5.17 Å². The number of amidine groups is 1. The number of carbonyl (C=O) groups excluding carboxylic acids is 1. The van der Waals surface area contributed by atoms with Crippen LogP contribution < -0.4 is 0 Å². The van der Waals surface area contributed by atoms with Crippen molar-refractivity contribution in [3.8, 4) is 0 Å². The van der Waals surface area contributed by atoms with Gasteiger partial charge in [-0.2, -0.15) is 8.42 Å². The Morgan fingerprint density at radius 2 is 2.07 bits per heavy atom. The number of non-ortho nitro benzene ring substituents is 1. The van der Waals surface area contributed by atoms with Gasteiger partial charge in [-0.25, -0.2) is 0 Å². The van der Waals surface area contributed by atoms with Crippen LogP contribution in [0.4, 0.5) is 5.69 Å². The number of thiophene rings is 1. The molecule has 29 heavy (non-hydrogen) atoms. The van der Waals surface area contributed by atoms with Crippen LogP contribution in [0.2, 0.25) is 4.34 Å². The summed E-state index contributed by atoms with van der Waals surface area (Å²) in [6, 6.07) is 8.54. The average molecular weight is 470 g/mol. The topological polar surface area (TPSA) is 110 Å². The van der Waals surface area contributed by atoms with Crippen molar-refractivity contribution in [2.45, 2.75) is 4.21 Å². The van der Waals surface area contributed by atoms with Crippen LogP contribution in [-0.4, -0.2) is 35.9 Å². The number of amides is 1. The van der Waals surface area contributed by atoms with Crippen LogP contribution in [0.15, 0.2) is 62.6 Å². The second kappa shape index (κ2) is 8.49. The Bertz CT molecular complexity index is 1170. The fourth-order valence-corrected chi connectivity index (χ4v) is 5.98. The smallest absolute Gasteiger partial charge is 0.282 e. The molecule has 2 heterocycles. The molecule has 0 unspecified atom stereocenters. The molecule has 0 saturated carbocycles. The first-order valence-electron chi connectivity index (χ1n) is 7.88. The molecule has 1 amide bonds. The SMILES string of the molecule is C=CCN1C(=O)C(=Cc2cccc([N+](=O)[O-])c2)SC1=NS(=O)(=O)c1ccc(Cl)s1. The van der Waals surface area contributed by atoms with E-state index in [9.17, 15) is 23.3 Å². The van der Waals surface area contributed by atoms with Crippen molar-refractivity contribution in [1.29, 1.82) is 0 Å². The van der Waals surface area contributed by atoms with Crippen molar-refractivity contribution in [2.24, 2.45) is 4.40 Å². The third-order valence-electron chi connectivity index (χ3n) is 3.58. The maximum Gasteiger partial charge on any atom is 0.294 e. The standard InChI is InChI=1S/C17H12ClN3O5S3/c1-2-8-20-16(22)13(10-11-4-3-5-12(9-11)21(23)24)27-17(20)19-29(25,26)15-7-6-14(18)28-15/h2-7,9-10H,1,8H2. The Labute approximate surface area is 179 Å². The number of hydrogen-bond donors (Lipinski definition) is 0. The lowest BCUT2D eigenvalue weighted by molar-refractivity contribution is -0.384. The molecule has 1 fully saturated rings. The van der Waals surface area contributed by atoms with E-state index in [1.54, 1.807) is 6.07 Å². The molecule has 12 heteroatoms. The Morgan fingerprint density at radius 3 is 2.69 bits per heavy atom. The van der Waals surface area contributed by atoms with E-state index in [4.69, 9.17) is 11.6 Å². The number of nitrogens with zero attached hydrogens (tertiary/aromatic N) is 3. The summed E-state index contributed by atoms with van der Waals surface area (Å²) in [6.45, 7) is 3.63. The van der Waals surface area contributed by atoms with Crippen molar-refractivity contribution in [1.82, 2.24) is 4.90 Å². The molecular weight excluding hydrogens is 458 g/mol. The van der Waals surface area contributed by atoms with E-state index >= 15 is 0 Å². The Kier molecular flexibility index (Phi) is 6.22. The predicted molar refractivity (Wildman–Crippen MR) is 115 cm³/mol. The molecule has 1 saturated heterocycles. The summed E-state index contributed by atoms with van der Waals surface area (Å²) >= 11 is 7.53. The number of benzene rings is 1. The second-order valence-corrected chi connectivity index (χ2v) is 10.1. The van der Waals surface area contributed by atoms with Crippen LogP contribution in [-0.2, 0) is 14.8 Å². The van der Waals surface area contributed by atoms with Crippen molar-refractivity contribution in [3.63, 3.8) is 0 Å². The highest BCUT2D eigenvalue weighted by molar-refractivity contribution is 8.19. The zero-order valence-electron chi connectivity index (χ0n) is 14.5. The molecule has 1 aliphatic heterocycles. The summed E-state index contributed by atoms with van der Waals surface area (Å²) in [5.74, 6) is -0.473. The van der Waals surface area contributed by atoms with Crippen LogP contribution in [0, 0.1) is 10.1 Å². The summed E-state index contributed by atoms with van der Waals surface area (Å²) in [7, 11) is -4.06. The van der Waals surface area contributed by atoms with Crippen molar-refractivity contribution < 1.29 is 18.1 Å². The molecule has 1 aliphatic rings. The summed E-state index contributed by atoms with van der Waals surface area (Å²) in [5.41, 5.74) is 0.312. The van der Waals surface area contributed by atoms with Gasteiger partial charge in [0.25, 0.3) is 21.6 Å². The third kappa shape index (κ3) is 4.75. The van der Waals surface area contributed by atoms with E-state index in [0.717, 1.165) is 23.1 Å². The van der Waals surface area contributed by atoms with Crippen LogP contribution in [0.5, 0.6) is 0 Å². The Morgan fingerprint density at radius 1 is 1.31 bits per heavy atom. The molecule has 0 aliphatic carbocycles. The van der Waals surface area contributed by atoms with Crippen LogP contribution in [0.1, 0.15) is 5.56 Å². The van der Waals surface area contributed by atoms with Gasteiger partial charge >= 0.3 is 0 Å². The molecule has 150 valence electrons. The average Bonchev–Trinajstić information content (AvgIpc) is 3.22. The molecule has 0 bridgehead atoms. The number of nitro groups is 1. The molecule has 2 aromatic rings. The maximum absolute atomic E-state index is 12.7. The van der Waals surface area contributed by atoms with Gasteiger partial charge in [-0.05, 0) is 35.5 Å². The zero-order valence-corrected chi connectivity index (χ0v) is 17.7. The van der Waals surface area contributed by atoms with Gasteiger partial charge in [0.2, 0.25) is 0 Å². The van der Waals surface area contributed by atoms with E-state index in [1.807, 2.05) is 0 Å². The van der Waals surface area contributed by atoms with Crippen LogP contribution >= 0.6 is 34.7 Å². The van der Waals surface area contributed by atoms with Crippen LogP contribution in [0.25, 0.3) is 6.08 Å². The first kappa shape index (κ1) is 21.2. The van der Waals surface area contributed by atoms with Gasteiger partial charge in [0.05, 0.1) is 14.2 Å². The first-order valence-corrected chi connectivity index (χ1v) is 11.3. The molecule has 0 atom stereocenters.